The predicted octanol–water partition coefficient (Wildman–Crippen LogP) is -2.57. The van der Waals surface area contributed by atoms with E-state index in [9.17, 15) is 25.5 Å². The molecule has 3 aliphatic rings. The predicted molar refractivity (Wildman–Crippen MR) is 79.1 cm³/mol. The van der Waals surface area contributed by atoms with Gasteiger partial charge in [0.1, 0.15) is 30.5 Å². The zero-order valence-electron chi connectivity index (χ0n) is 14.4. The van der Waals surface area contributed by atoms with Crippen LogP contribution < -0.4 is 0 Å². The van der Waals surface area contributed by atoms with Gasteiger partial charge in [-0.2, -0.15) is 0 Å². The van der Waals surface area contributed by atoms with Crippen molar-refractivity contribution in [2.45, 2.75) is 74.8 Å². The zero-order valence-corrected chi connectivity index (χ0v) is 14.4. The Kier molecular flexibility index (Phi) is 4.91. The highest BCUT2D eigenvalue weighted by molar-refractivity contribution is 5.09. The van der Waals surface area contributed by atoms with Crippen LogP contribution in [0.25, 0.3) is 0 Å². The van der Waals surface area contributed by atoms with Gasteiger partial charge in [-0.15, -0.1) is 0 Å². The van der Waals surface area contributed by atoms with Gasteiger partial charge in [0.2, 0.25) is 0 Å². The Morgan fingerprint density at radius 3 is 2.40 bits per heavy atom. The van der Waals surface area contributed by atoms with Crippen LogP contribution >= 0.6 is 0 Å². The summed E-state index contributed by atoms with van der Waals surface area (Å²) in [5.74, 6) is -2.68. The van der Waals surface area contributed by atoms with Gasteiger partial charge >= 0.3 is 0 Å². The topological polar surface area (TPSA) is 147 Å². The van der Waals surface area contributed by atoms with Gasteiger partial charge in [-0.1, -0.05) is 0 Å². The van der Waals surface area contributed by atoms with E-state index in [0.29, 0.717) is 0 Å². The first-order valence-electron chi connectivity index (χ1n) is 8.19. The third-order valence-corrected chi connectivity index (χ3v) is 4.99. The van der Waals surface area contributed by atoms with Crippen LogP contribution in [0.4, 0.5) is 0 Å². The molecule has 3 aliphatic heterocycles. The van der Waals surface area contributed by atoms with E-state index in [1.54, 1.807) is 13.8 Å². The highest BCUT2D eigenvalue weighted by Gasteiger charge is 2.68. The van der Waals surface area contributed by atoms with E-state index < -0.39 is 60.6 Å². The zero-order chi connectivity index (χ0) is 18.6. The SMILES string of the molecule is CC1(C)O[C@@H]2CO[C@](C)(O)[C@]2(CO[C@@H]2O[C@H](CO)[C@H](O)[C@H](O)[C@H]2O)O1. The Labute approximate surface area is 144 Å². The molecule has 10 nitrogen and oxygen atoms in total. The summed E-state index contributed by atoms with van der Waals surface area (Å²) in [6.07, 6.45) is -7.61. The van der Waals surface area contributed by atoms with Crippen LogP contribution in [0.1, 0.15) is 20.8 Å². The molecule has 0 aromatic heterocycles. The third kappa shape index (κ3) is 3.10. The standard InChI is InChI=1S/C15H26O10/c1-13(2)24-8-5-22-14(3,20)15(8,25-13)6-21-12-11(19)10(18)9(17)7(4-16)23-12/h7-12,16-20H,4-6H2,1-3H3/t7-,8-,9+,10+,11-,12-,14+,15-/m1/s1. The molecule has 3 rings (SSSR count). The van der Waals surface area contributed by atoms with Crippen molar-refractivity contribution in [3.05, 3.63) is 0 Å². The van der Waals surface area contributed by atoms with Crippen LogP contribution in [-0.4, -0.2) is 99.3 Å². The maximum absolute atomic E-state index is 10.6. The van der Waals surface area contributed by atoms with E-state index in [0.717, 1.165) is 0 Å². The Balaban J connectivity index is 1.75. The van der Waals surface area contributed by atoms with Gasteiger partial charge in [0.25, 0.3) is 0 Å². The molecule has 0 radical (unpaired) electrons. The summed E-state index contributed by atoms with van der Waals surface area (Å²) in [5, 5.41) is 49.5. The fourth-order valence-corrected chi connectivity index (χ4v) is 3.56. The molecule has 0 aromatic rings. The number of hydrogen-bond acceptors (Lipinski definition) is 10. The van der Waals surface area contributed by atoms with Gasteiger partial charge in [0, 0.05) is 0 Å². The average Bonchev–Trinajstić information content (AvgIpc) is 2.93. The summed E-state index contributed by atoms with van der Waals surface area (Å²) in [5.41, 5.74) is -1.37. The van der Waals surface area contributed by atoms with Gasteiger partial charge < -0.3 is 49.2 Å². The van der Waals surface area contributed by atoms with Crippen LogP contribution in [-0.2, 0) is 23.7 Å². The van der Waals surface area contributed by atoms with E-state index in [1.165, 1.54) is 6.92 Å². The molecular weight excluding hydrogens is 340 g/mol. The van der Waals surface area contributed by atoms with Crippen LogP contribution in [0.15, 0.2) is 0 Å². The van der Waals surface area contributed by atoms with Crippen molar-refractivity contribution in [1.82, 2.24) is 0 Å². The lowest BCUT2D eigenvalue weighted by Gasteiger charge is -2.42. The number of aliphatic hydroxyl groups is 5. The molecule has 0 unspecified atom stereocenters. The van der Waals surface area contributed by atoms with Crippen molar-refractivity contribution in [2.24, 2.45) is 0 Å². The molecule has 10 heteroatoms. The highest BCUT2D eigenvalue weighted by atomic mass is 16.8. The first-order valence-corrected chi connectivity index (χ1v) is 8.19. The molecule has 5 N–H and O–H groups in total. The van der Waals surface area contributed by atoms with Crippen molar-refractivity contribution in [1.29, 1.82) is 0 Å². The van der Waals surface area contributed by atoms with Crippen molar-refractivity contribution in [2.75, 3.05) is 19.8 Å². The second-order valence-electron chi connectivity index (χ2n) is 7.30. The summed E-state index contributed by atoms with van der Waals surface area (Å²) in [6, 6.07) is 0. The minimum Gasteiger partial charge on any atom is -0.394 e. The summed E-state index contributed by atoms with van der Waals surface area (Å²) in [6.45, 7) is 4.07. The first-order chi connectivity index (χ1) is 11.5. The fraction of sp³-hybridized carbons (Fsp3) is 1.00. The van der Waals surface area contributed by atoms with E-state index >= 15 is 0 Å². The summed E-state index contributed by atoms with van der Waals surface area (Å²) in [4.78, 5) is 0. The van der Waals surface area contributed by atoms with Crippen molar-refractivity contribution in [3.63, 3.8) is 0 Å². The molecule has 3 fully saturated rings. The molecule has 0 aromatic carbocycles. The number of ether oxygens (including phenoxy) is 5. The lowest BCUT2D eigenvalue weighted by Crippen LogP contribution is -2.62. The highest BCUT2D eigenvalue weighted by Crippen LogP contribution is 2.48. The van der Waals surface area contributed by atoms with Gasteiger partial charge in [0.05, 0.1) is 19.8 Å². The molecule has 0 spiro atoms. The summed E-state index contributed by atoms with van der Waals surface area (Å²) < 4.78 is 27.8. The Hall–Kier alpha value is -0.400. The molecule has 3 saturated heterocycles. The van der Waals surface area contributed by atoms with Gasteiger partial charge in [-0.05, 0) is 20.8 Å². The third-order valence-electron chi connectivity index (χ3n) is 4.99. The molecule has 0 bridgehead atoms. The molecule has 25 heavy (non-hydrogen) atoms. The Morgan fingerprint density at radius 2 is 1.76 bits per heavy atom. The molecule has 8 atom stereocenters. The molecule has 0 aliphatic carbocycles. The molecule has 0 amide bonds. The minimum atomic E-state index is -1.71. The van der Waals surface area contributed by atoms with Gasteiger partial charge in [-0.25, -0.2) is 0 Å². The molecule has 3 heterocycles. The van der Waals surface area contributed by atoms with Crippen LogP contribution in [0.5, 0.6) is 0 Å². The quantitative estimate of drug-likeness (QED) is 0.360. The van der Waals surface area contributed by atoms with Crippen molar-refractivity contribution < 1.29 is 49.2 Å². The minimum absolute atomic E-state index is 0.0917. The number of hydrogen-bond donors (Lipinski definition) is 5. The maximum atomic E-state index is 10.6. The van der Waals surface area contributed by atoms with Crippen molar-refractivity contribution >= 4 is 0 Å². The molecular formula is C15H26O10. The monoisotopic (exact) mass is 366 g/mol. The fourth-order valence-electron chi connectivity index (χ4n) is 3.56. The van der Waals surface area contributed by atoms with E-state index in [4.69, 9.17) is 23.7 Å². The molecule has 146 valence electrons. The van der Waals surface area contributed by atoms with Gasteiger partial charge in [0.15, 0.2) is 23.5 Å². The Morgan fingerprint density at radius 1 is 1.08 bits per heavy atom. The van der Waals surface area contributed by atoms with Crippen LogP contribution in [0.3, 0.4) is 0 Å². The molecule has 0 saturated carbocycles. The van der Waals surface area contributed by atoms with Gasteiger partial charge in [-0.3, -0.25) is 0 Å². The van der Waals surface area contributed by atoms with E-state index in [2.05, 4.69) is 0 Å². The normalized spacial score (nSPS) is 52.3. The number of fused-ring (bicyclic) bond motifs is 1. The summed E-state index contributed by atoms with van der Waals surface area (Å²) >= 11 is 0. The second kappa shape index (κ2) is 6.34. The Bertz CT molecular complexity index is 495. The van der Waals surface area contributed by atoms with Crippen molar-refractivity contribution in [3.8, 4) is 0 Å². The van der Waals surface area contributed by atoms with Crippen LogP contribution in [0, 0.1) is 0 Å². The number of rotatable bonds is 4. The second-order valence-corrected chi connectivity index (χ2v) is 7.30. The van der Waals surface area contributed by atoms with E-state index in [-0.39, 0.29) is 13.2 Å². The largest absolute Gasteiger partial charge is 0.394 e. The first kappa shape index (κ1) is 19.4. The van der Waals surface area contributed by atoms with Crippen LogP contribution in [0.2, 0.25) is 0 Å². The van der Waals surface area contributed by atoms with E-state index in [1.807, 2.05) is 0 Å². The maximum Gasteiger partial charge on any atom is 0.197 e. The smallest absolute Gasteiger partial charge is 0.197 e. The average molecular weight is 366 g/mol. The summed E-state index contributed by atoms with van der Waals surface area (Å²) in [7, 11) is 0. The lowest BCUT2D eigenvalue weighted by atomic mass is 9.91. The lowest BCUT2D eigenvalue weighted by molar-refractivity contribution is -0.334. The number of aliphatic hydroxyl groups excluding tert-OH is 4.